The molecule has 1 saturated carbocycles. The summed E-state index contributed by atoms with van der Waals surface area (Å²) in [4.78, 5) is 12.9. The van der Waals surface area contributed by atoms with Gasteiger partial charge in [-0.1, -0.05) is 6.07 Å². The molecular formula is C13H15NO4S2. The van der Waals surface area contributed by atoms with Crippen LogP contribution in [0.4, 0.5) is 0 Å². The van der Waals surface area contributed by atoms with Crippen LogP contribution in [0.5, 0.6) is 0 Å². The fourth-order valence-corrected chi connectivity index (χ4v) is 5.78. The van der Waals surface area contributed by atoms with E-state index in [-0.39, 0.29) is 29.8 Å². The van der Waals surface area contributed by atoms with Crippen molar-refractivity contribution in [1.29, 1.82) is 0 Å². The number of thiophene rings is 1. The second-order valence-electron chi connectivity index (χ2n) is 5.85. The molecule has 1 N–H and O–H groups in total. The zero-order valence-corrected chi connectivity index (χ0v) is 12.3. The molecule has 3 aliphatic rings. The lowest BCUT2D eigenvalue weighted by Gasteiger charge is -2.17. The molecule has 1 aliphatic carbocycles. The smallest absolute Gasteiger partial charge is 0.239 e. The highest BCUT2D eigenvalue weighted by Crippen LogP contribution is 2.60. The van der Waals surface area contributed by atoms with E-state index in [1.54, 1.807) is 12.1 Å². The summed E-state index contributed by atoms with van der Waals surface area (Å²) in [5.41, 5.74) is 0. The monoisotopic (exact) mass is 313 g/mol. The quantitative estimate of drug-likeness (QED) is 0.904. The van der Waals surface area contributed by atoms with Crippen molar-refractivity contribution in [2.24, 2.45) is 17.8 Å². The van der Waals surface area contributed by atoms with Crippen LogP contribution >= 0.6 is 11.3 Å². The molecule has 0 unspecified atom stereocenters. The maximum absolute atomic E-state index is 12.2. The maximum atomic E-state index is 12.2. The molecule has 1 aromatic rings. The molecule has 1 aromatic heterocycles. The third kappa shape index (κ3) is 2.08. The molecule has 1 amide bonds. The zero-order valence-electron chi connectivity index (χ0n) is 10.7. The first-order chi connectivity index (χ1) is 9.53. The maximum Gasteiger partial charge on any atom is 0.239 e. The molecule has 0 radical (unpaired) electrons. The SMILES string of the molecule is O=C(NS(=O)(=O)Cc1cccs1)[C@@H]1C[C@@H]2O[C@H]1[C@H]1C[C@H]12. The van der Waals surface area contributed by atoms with Crippen LogP contribution in [0.2, 0.25) is 0 Å². The molecule has 2 bridgehead atoms. The summed E-state index contributed by atoms with van der Waals surface area (Å²) >= 11 is 1.37. The van der Waals surface area contributed by atoms with E-state index in [4.69, 9.17) is 4.74 Å². The molecule has 2 saturated heterocycles. The summed E-state index contributed by atoms with van der Waals surface area (Å²) in [6, 6.07) is 3.55. The van der Waals surface area contributed by atoms with Crippen molar-refractivity contribution in [3.05, 3.63) is 22.4 Å². The summed E-state index contributed by atoms with van der Waals surface area (Å²) in [5, 5.41) is 1.82. The van der Waals surface area contributed by atoms with Crippen molar-refractivity contribution in [1.82, 2.24) is 4.72 Å². The number of carbonyl (C=O) groups is 1. The van der Waals surface area contributed by atoms with Gasteiger partial charge >= 0.3 is 0 Å². The third-order valence-corrected chi connectivity index (χ3v) is 6.77. The Bertz CT molecular complexity index is 639. The highest BCUT2D eigenvalue weighted by molar-refractivity contribution is 7.89. The Labute approximate surface area is 121 Å². The van der Waals surface area contributed by atoms with Gasteiger partial charge in [-0.15, -0.1) is 11.3 Å². The second-order valence-corrected chi connectivity index (χ2v) is 8.60. The van der Waals surface area contributed by atoms with Crippen molar-refractivity contribution in [3.8, 4) is 0 Å². The predicted octanol–water partition coefficient (Wildman–Crippen LogP) is 1.12. The first kappa shape index (κ1) is 12.8. The normalized spacial score (nSPS) is 37.7. The lowest BCUT2D eigenvalue weighted by atomic mass is 9.89. The molecule has 3 heterocycles. The molecule has 3 fully saturated rings. The molecule has 4 rings (SSSR count). The van der Waals surface area contributed by atoms with Gasteiger partial charge in [0.2, 0.25) is 15.9 Å². The minimum Gasteiger partial charge on any atom is -0.374 e. The molecule has 2 aliphatic heterocycles. The largest absolute Gasteiger partial charge is 0.374 e. The highest BCUT2D eigenvalue weighted by atomic mass is 32.2. The van der Waals surface area contributed by atoms with E-state index in [9.17, 15) is 13.2 Å². The van der Waals surface area contributed by atoms with Gasteiger partial charge in [-0.3, -0.25) is 9.52 Å². The molecule has 5 atom stereocenters. The first-order valence-corrected chi connectivity index (χ1v) is 9.29. The molecular weight excluding hydrogens is 298 g/mol. The van der Waals surface area contributed by atoms with Gasteiger partial charge in [0.15, 0.2) is 0 Å². The Morgan fingerprint density at radius 1 is 1.40 bits per heavy atom. The number of hydrogen-bond acceptors (Lipinski definition) is 5. The van der Waals surface area contributed by atoms with Crippen molar-refractivity contribution in [2.75, 3.05) is 0 Å². The number of amides is 1. The van der Waals surface area contributed by atoms with E-state index >= 15 is 0 Å². The van der Waals surface area contributed by atoms with Crippen molar-refractivity contribution in [2.45, 2.75) is 30.8 Å². The van der Waals surface area contributed by atoms with E-state index in [1.807, 2.05) is 5.38 Å². The summed E-state index contributed by atoms with van der Waals surface area (Å²) in [6.07, 6.45) is 1.94. The van der Waals surface area contributed by atoms with Crippen molar-refractivity contribution >= 4 is 27.3 Å². The highest BCUT2D eigenvalue weighted by Gasteiger charge is 2.64. The van der Waals surface area contributed by atoms with Gasteiger partial charge in [-0.2, -0.15) is 0 Å². The first-order valence-electron chi connectivity index (χ1n) is 6.76. The number of carbonyl (C=O) groups excluding carboxylic acids is 1. The number of hydrogen-bond donors (Lipinski definition) is 1. The van der Waals surface area contributed by atoms with E-state index < -0.39 is 10.0 Å². The van der Waals surface area contributed by atoms with Gasteiger partial charge in [0.25, 0.3) is 0 Å². The molecule has 0 aromatic carbocycles. The van der Waals surface area contributed by atoms with E-state index in [0.29, 0.717) is 18.3 Å². The van der Waals surface area contributed by atoms with Crippen molar-refractivity contribution < 1.29 is 17.9 Å². The van der Waals surface area contributed by atoms with Gasteiger partial charge < -0.3 is 4.74 Å². The van der Waals surface area contributed by atoms with Crippen LogP contribution < -0.4 is 4.72 Å². The summed E-state index contributed by atoms with van der Waals surface area (Å²) < 4.78 is 31.9. The Morgan fingerprint density at radius 3 is 2.90 bits per heavy atom. The molecule has 20 heavy (non-hydrogen) atoms. The Balaban J connectivity index is 1.42. The zero-order chi connectivity index (χ0) is 13.9. The third-order valence-electron chi connectivity index (χ3n) is 4.51. The average molecular weight is 313 g/mol. The minimum absolute atomic E-state index is 0.0538. The van der Waals surface area contributed by atoms with Gasteiger partial charge in [0.1, 0.15) is 5.75 Å². The average Bonchev–Trinajstić information content (AvgIpc) is 2.75. The van der Waals surface area contributed by atoms with Crippen LogP contribution in [0.15, 0.2) is 17.5 Å². The number of nitrogens with one attached hydrogen (secondary N) is 1. The summed E-state index contributed by atoms with van der Waals surface area (Å²) in [6.45, 7) is 0. The second kappa shape index (κ2) is 4.29. The number of rotatable bonds is 4. The lowest BCUT2D eigenvalue weighted by molar-refractivity contribution is -0.125. The number of ether oxygens (including phenoxy) is 1. The van der Waals surface area contributed by atoms with Gasteiger partial charge in [0, 0.05) is 4.88 Å². The Hall–Kier alpha value is -0.920. The Kier molecular flexibility index (Phi) is 2.74. The van der Waals surface area contributed by atoms with Gasteiger partial charge in [-0.05, 0) is 36.1 Å². The lowest BCUT2D eigenvalue weighted by Crippen LogP contribution is -2.40. The fraction of sp³-hybridized carbons (Fsp3) is 0.615. The fourth-order valence-electron chi connectivity index (χ4n) is 3.56. The van der Waals surface area contributed by atoms with E-state index in [1.165, 1.54) is 11.3 Å². The van der Waals surface area contributed by atoms with Crippen LogP contribution in [0.3, 0.4) is 0 Å². The Morgan fingerprint density at radius 2 is 2.25 bits per heavy atom. The van der Waals surface area contributed by atoms with Crippen LogP contribution in [-0.2, 0) is 25.3 Å². The van der Waals surface area contributed by atoms with Gasteiger partial charge in [0.05, 0.1) is 18.1 Å². The van der Waals surface area contributed by atoms with Crippen molar-refractivity contribution in [3.63, 3.8) is 0 Å². The molecule has 108 valence electrons. The summed E-state index contributed by atoms with van der Waals surface area (Å²) in [5.74, 6) is 0.307. The topological polar surface area (TPSA) is 72.5 Å². The number of fused-ring (bicyclic) bond motifs is 5. The van der Waals surface area contributed by atoms with E-state index in [2.05, 4.69) is 4.72 Å². The van der Waals surface area contributed by atoms with Crippen LogP contribution in [0.25, 0.3) is 0 Å². The standard InChI is InChI=1S/C13H15NO4S2/c15-13(10-5-11-8-4-9(8)12(10)18-11)14-20(16,17)6-7-2-1-3-19-7/h1-3,8-12H,4-6H2,(H,14,15)/t8-,9+,10-,11+,12+/m1/s1. The summed E-state index contributed by atoms with van der Waals surface area (Å²) in [7, 11) is -3.61. The molecule has 0 spiro atoms. The van der Waals surface area contributed by atoms with Crippen LogP contribution in [0.1, 0.15) is 17.7 Å². The molecule has 5 nitrogen and oxygen atoms in total. The van der Waals surface area contributed by atoms with Crippen LogP contribution in [-0.4, -0.2) is 26.5 Å². The predicted molar refractivity (Wildman–Crippen MR) is 73.5 cm³/mol. The van der Waals surface area contributed by atoms with Crippen LogP contribution in [0, 0.1) is 17.8 Å². The minimum atomic E-state index is -3.61. The van der Waals surface area contributed by atoms with Gasteiger partial charge in [-0.25, -0.2) is 8.42 Å². The number of sulfonamides is 1. The molecule has 7 heteroatoms. The van der Waals surface area contributed by atoms with E-state index in [0.717, 1.165) is 11.3 Å².